The van der Waals surface area contributed by atoms with Crippen molar-refractivity contribution >= 4 is 51.7 Å². The van der Waals surface area contributed by atoms with Crippen molar-refractivity contribution in [2.24, 2.45) is 0 Å². The van der Waals surface area contributed by atoms with Crippen LogP contribution >= 0.6 is 0 Å². The first-order valence-electron chi connectivity index (χ1n) is 15.0. The van der Waals surface area contributed by atoms with E-state index in [1.165, 1.54) is 15.6 Å². The molecule has 1 aliphatic rings. The van der Waals surface area contributed by atoms with Gasteiger partial charge in [-0.15, -0.1) is 0 Å². The van der Waals surface area contributed by atoms with Crippen LogP contribution in [0.4, 0.5) is 22.7 Å². The summed E-state index contributed by atoms with van der Waals surface area (Å²) in [6.45, 7) is 0.830. The lowest BCUT2D eigenvalue weighted by Crippen LogP contribution is -2.75. The Bertz CT molecular complexity index is 1760. The van der Waals surface area contributed by atoms with Gasteiger partial charge in [0.1, 0.15) is 0 Å². The Labute approximate surface area is 260 Å². The second-order valence-electron chi connectivity index (χ2n) is 11.1. The van der Waals surface area contributed by atoms with Gasteiger partial charge < -0.3 is 14.7 Å². The third kappa shape index (κ3) is 5.08. The van der Waals surface area contributed by atoms with Gasteiger partial charge in [0.25, 0.3) is 0 Å². The van der Waals surface area contributed by atoms with Crippen LogP contribution < -0.4 is 30.7 Å². The maximum absolute atomic E-state index is 5.07. The zero-order valence-electron chi connectivity index (χ0n) is 24.7. The van der Waals surface area contributed by atoms with Gasteiger partial charge in [-0.3, -0.25) is 4.98 Å². The highest BCUT2D eigenvalue weighted by molar-refractivity contribution is 7.19. The number of hydrogen-bond acceptors (Lipinski definition) is 4. The SMILES string of the molecule is CN1C=CN(c2cccc(N(c3ccccc3)c3cccc([Si](c4ccccc4)(c4ccccc4)c4ccccn4)c3)c2)C1. The average Bonchev–Trinajstić information content (AvgIpc) is 3.54. The Morgan fingerprint density at radius 2 is 1.11 bits per heavy atom. The summed E-state index contributed by atoms with van der Waals surface area (Å²) >= 11 is 0. The molecular formula is C39H34N4Si. The monoisotopic (exact) mass is 586 g/mol. The number of aromatic nitrogens is 1. The lowest BCUT2D eigenvalue weighted by molar-refractivity contribution is 0.496. The Balaban J connectivity index is 1.45. The standard InChI is InChI=1S/C39H34N4Si/c1-41-27-28-42(31-41)33-17-13-18-34(29-33)43(32-15-5-2-6-16-32)35-19-14-24-38(30-35)44(36-20-7-3-8-21-36,37-22-9-4-10-23-37)39-25-11-12-26-40-39/h2-30H,31H2,1H3. The Morgan fingerprint density at radius 1 is 0.545 bits per heavy atom. The highest BCUT2D eigenvalue weighted by Crippen LogP contribution is 2.36. The number of benzene rings is 5. The van der Waals surface area contributed by atoms with Gasteiger partial charge in [0.05, 0.1) is 6.67 Å². The Kier molecular flexibility index (Phi) is 7.53. The number of pyridine rings is 1. The zero-order valence-corrected chi connectivity index (χ0v) is 25.7. The van der Waals surface area contributed by atoms with Crippen molar-refractivity contribution in [2.75, 3.05) is 23.5 Å². The normalized spacial score (nSPS) is 12.8. The van der Waals surface area contributed by atoms with E-state index in [2.05, 4.69) is 186 Å². The molecule has 0 radical (unpaired) electrons. The molecule has 5 aromatic carbocycles. The second kappa shape index (κ2) is 12.1. The van der Waals surface area contributed by atoms with Crippen molar-refractivity contribution in [3.63, 3.8) is 0 Å². The van der Waals surface area contributed by atoms with Gasteiger partial charge in [0.15, 0.2) is 0 Å². The Morgan fingerprint density at radius 3 is 1.73 bits per heavy atom. The molecule has 0 spiro atoms. The number of para-hydroxylation sites is 1. The molecule has 214 valence electrons. The molecule has 0 unspecified atom stereocenters. The van der Waals surface area contributed by atoms with E-state index in [9.17, 15) is 0 Å². The molecule has 0 fully saturated rings. The van der Waals surface area contributed by atoms with Crippen LogP contribution in [0, 0.1) is 0 Å². The second-order valence-corrected chi connectivity index (χ2v) is 14.8. The summed E-state index contributed by atoms with van der Waals surface area (Å²) in [4.78, 5) is 11.9. The van der Waals surface area contributed by atoms with Crippen LogP contribution in [0.3, 0.4) is 0 Å². The maximum atomic E-state index is 5.07. The van der Waals surface area contributed by atoms with Crippen LogP contribution in [-0.4, -0.2) is 31.7 Å². The molecule has 44 heavy (non-hydrogen) atoms. The first kappa shape index (κ1) is 27.4. The lowest BCUT2D eigenvalue weighted by atomic mass is 10.1. The molecule has 0 aliphatic carbocycles. The van der Waals surface area contributed by atoms with E-state index in [1.54, 1.807) is 0 Å². The first-order chi connectivity index (χ1) is 21.7. The summed E-state index contributed by atoms with van der Waals surface area (Å²) in [7, 11) is -0.683. The minimum atomic E-state index is -2.78. The number of hydrogen-bond donors (Lipinski definition) is 0. The number of rotatable bonds is 8. The van der Waals surface area contributed by atoms with Gasteiger partial charge in [-0.1, -0.05) is 103 Å². The van der Waals surface area contributed by atoms with E-state index in [0.717, 1.165) is 34.7 Å². The predicted molar refractivity (Wildman–Crippen MR) is 187 cm³/mol. The highest BCUT2D eigenvalue weighted by atomic mass is 28.3. The summed E-state index contributed by atoms with van der Waals surface area (Å²) in [5.41, 5.74) is 4.49. The van der Waals surface area contributed by atoms with E-state index in [-0.39, 0.29) is 0 Å². The van der Waals surface area contributed by atoms with Crippen molar-refractivity contribution in [1.29, 1.82) is 0 Å². The zero-order chi connectivity index (χ0) is 29.8. The molecular weight excluding hydrogens is 553 g/mol. The van der Waals surface area contributed by atoms with Gasteiger partial charge >= 0.3 is 0 Å². The minimum Gasteiger partial charge on any atom is -0.361 e. The summed E-state index contributed by atoms with van der Waals surface area (Å²) in [6.07, 6.45) is 6.18. The topological polar surface area (TPSA) is 22.6 Å². The molecule has 0 bridgehead atoms. The largest absolute Gasteiger partial charge is 0.361 e. The third-order valence-electron chi connectivity index (χ3n) is 8.31. The van der Waals surface area contributed by atoms with Gasteiger partial charge in [-0.2, -0.15) is 0 Å². The maximum Gasteiger partial charge on any atom is 0.201 e. The average molecular weight is 587 g/mol. The molecule has 0 N–H and O–H groups in total. The van der Waals surface area contributed by atoms with Gasteiger partial charge in [0, 0.05) is 53.7 Å². The third-order valence-corrected chi connectivity index (χ3v) is 13.0. The Hall–Kier alpha value is -5.39. The smallest absolute Gasteiger partial charge is 0.201 e. The van der Waals surface area contributed by atoms with Crippen molar-refractivity contribution in [1.82, 2.24) is 9.88 Å². The van der Waals surface area contributed by atoms with Crippen LogP contribution in [0.15, 0.2) is 176 Å². The molecule has 6 aromatic rings. The fourth-order valence-electron chi connectivity index (χ4n) is 6.31. The molecule has 1 aromatic heterocycles. The molecule has 0 amide bonds. The molecule has 7 rings (SSSR count). The molecule has 5 heteroatoms. The predicted octanol–water partition coefficient (Wildman–Crippen LogP) is 6.11. The summed E-state index contributed by atoms with van der Waals surface area (Å²) in [5, 5.41) is 5.01. The lowest BCUT2D eigenvalue weighted by Gasteiger charge is -2.34. The molecule has 1 aliphatic heterocycles. The van der Waals surface area contributed by atoms with E-state index in [4.69, 9.17) is 4.98 Å². The van der Waals surface area contributed by atoms with E-state index < -0.39 is 8.07 Å². The van der Waals surface area contributed by atoms with Gasteiger partial charge in [-0.25, -0.2) is 0 Å². The van der Waals surface area contributed by atoms with Crippen molar-refractivity contribution in [3.8, 4) is 0 Å². The van der Waals surface area contributed by atoms with Crippen molar-refractivity contribution < 1.29 is 0 Å². The van der Waals surface area contributed by atoms with Crippen LogP contribution in [0.5, 0.6) is 0 Å². The van der Waals surface area contributed by atoms with Gasteiger partial charge in [-0.05, 0) is 70.2 Å². The van der Waals surface area contributed by atoms with E-state index in [1.807, 2.05) is 12.3 Å². The number of anilines is 4. The van der Waals surface area contributed by atoms with Gasteiger partial charge in [0.2, 0.25) is 8.07 Å². The summed E-state index contributed by atoms with van der Waals surface area (Å²) in [6, 6.07) is 56.8. The van der Waals surface area contributed by atoms with Crippen LogP contribution in [-0.2, 0) is 0 Å². The van der Waals surface area contributed by atoms with E-state index >= 15 is 0 Å². The first-order valence-corrected chi connectivity index (χ1v) is 17.0. The summed E-state index contributed by atoms with van der Waals surface area (Å²) < 4.78 is 0. The fourth-order valence-corrected chi connectivity index (χ4v) is 10.9. The minimum absolute atomic E-state index is 0.830. The van der Waals surface area contributed by atoms with Crippen molar-refractivity contribution in [3.05, 3.63) is 176 Å². The molecule has 0 saturated carbocycles. The highest BCUT2D eigenvalue weighted by Gasteiger charge is 2.43. The fraction of sp³-hybridized carbons (Fsp3) is 0.0513. The van der Waals surface area contributed by atoms with E-state index in [0.29, 0.717) is 0 Å². The van der Waals surface area contributed by atoms with Crippen LogP contribution in [0.1, 0.15) is 0 Å². The van der Waals surface area contributed by atoms with Crippen LogP contribution in [0.2, 0.25) is 0 Å². The molecule has 0 saturated heterocycles. The number of nitrogens with zero attached hydrogens (tertiary/aromatic N) is 4. The van der Waals surface area contributed by atoms with Crippen molar-refractivity contribution in [2.45, 2.75) is 0 Å². The summed E-state index contributed by atoms with van der Waals surface area (Å²) in [5.74, 6) is 0. The molecule has 2 heterocycles. The quantitative estimate of drug-likeness (QED) is 0.159. The molecule has 4 nitrogen and oxygen atoms in total. The molecule has 0 atom stereocenters. The van der Waals surface area contributed by atoms with Crippen LogP contribution in [0.25, 0.3) is 0 Å².